The molecule has 18 heavy (non-hydrogen) atoms. The van der Waals surface area contributed by atoms with Gasteiger partial charge in [-0.25, -0.2) is 4.79 Å². The first-order valence-corrected chi connectivity index (χ1v) is 6.03. The molecule has 0 aliphatic rings. The molecule has 0 aromatic heterocycles. The fourth-order valence-electron chi connectivity index (χ4n) is 1.39. The number of rotatable bonds is 7. The standard InChI is InChI=1S/C14H18O4/c1-3-4-9-17-14(16)10-18-13-8-6-5-7-12(13)11(2)15/h5-8H,3-4,9-10H2,1-2H3. The molecule has 0 spiro atoms. The van der Waals surface area contributed by atoms with Crippen molar-refractivity contribution in [2.45, 2.75) is 26.7 Å². The second-order valence-corrected chi connectivity index (χ2v) is 3.92. The van der Waals surface area contributed by atoms with Crippen LogP contribution in [-0.2, 0) is 9.53 Å². The van der Waals surface area contributed by atoms with Gasteiger partial charge in [0, 0.05) is 0 Å². The van der Waals surface area contributed by atoms with E-state index in [4.69, 9.17) is 9.47 Å². The minimum atomic E-state index is -0.415. The molecular formula is C14H18O4. The molecule has 0 heterocycles. The van der Waals surface area contributed by atoms with Gasteiger partial charge in [-0.3, -0.25) is 4.79 Å². The molecule has 0 aliphatic carbocycles. The van der Waals surface area contributed by atoms with E-state index in [1.807, 2.05) is 6.92 Å². The van der Waals surface area contributed by atoms with Crippen LogP contribution >= 0.6 is 0 Å². The van der Waals surface area contributed by atoms with Crippen molar-refractivity contribution in [3.63, 3.8) is 0 Å². The summed E-state index contributed by atoms with van der Waals surface area (Å²) >= 11 is 0. The number of benzene rings is 1. The van der Waals surface area contributed by atoms with Gasteiger partial charge in [0.05, 0.1) is 12.2 Å². The molecule has 0 atom stereocenters. The van der Waals surface area contributed by atoms with Crippen LogP contribution in [0.15, 0.2) is 24.3 Å². The third-order valence-corrected chi connectivity index (χ3v) is 2.37. The molecule has 0 fully saturated rings. The van der Waals surface area contributed by atoms with Gasteiger partial charge in [-0.1, -0.05) is 25.5 Å². The van der Waals surface area contributed by atoms with Crippen LogP contribution in [0.25, 0.3) is 0 Å². The van der Waals surface area contributed by atoms with Crippen molar-refractivity contribution < 1.29 is 19.1 Å². The topological polar surface area (TPSA) is 52.6 Å². The number of esters is 1. The van der Waals surface area contributed by atoms with Gasteiger partial charge in [0.15, 0.2) is 12.4 Å². The Morgan fingerprint density at radius 2 is 1.94 bits per heavy atom. The average molecular weight is 250 g/mol. The minimum absolute atomic E-state index is 0.0926. The van der Waals surface area contributed by atoms with Gasteiger partial charge in [-0.2, -0.15) is 0 Å². The SMILES string of the molecule is CCCCOC(=O)COc1ccccc1C(C)=O. The van der Waals surface area contributed by atoms with E-state index >= 15 is 0 Å². The van der Waals surface area contributed by atoms with Gasteiger partial charge in [0.1, 0.15) is 5.75 Å². The third-order valence-electron chi connectivity index (χ3n) is 2.37. The summed E-state index contributed by atoms with van der Waals surface area (Å²) in [5.74, 6) is -0.0933. The summed E-state index contributed by atoms with van der Waals surface area (Å²) in [5, 5.41) is 0. The third kappa shape index (κ3) is 4.57. The summed E-state index contributed by atoms with van der Waals surface area (Å²) in [4.78, 5) is 22.7. The van der Waals surface area contributed by atoms with E-state index < -0.39 is 5.97 Å². The Bertz CT molecular complexity index is 412. The van der Waals surface area contributed by atoms with Crippen molar-refractivity contribution in [3.8, 4) is 5.75 Å². The quantitative estimate of drug-likeness (QED) is 0.424. The van der Waals surface area contributed by atoms with Crippen molar-refractivity contribution in [1.29, 1.82) is 0 Å². The molecule has 4 heteroatoms. The fraction of sp³-hybridized carbons (Fsp3) is 0.429. The number of Topliss-reactive ketones (excluding diaryl/α,β-unsaturated/α-hetero) is 1. The molecule has 0 N–H and O–H groups in total. The Balaban J connectivity index is 2.48. The Kier molecular flexibility index (Phi) is 5.91. The molecule has 0 radical (unpaired) electrons. The molecule has 1 aromatic rings. The van der Waals surface area contributed by atoms with E-state index in [0.29, 0.717) is 17.9 Å². The van der Waals surface area contributed by atoms with Crippen LogP contribution in [0.1, 0.15) is 37.0 Å². The van der Waals surface area contributed by atoms with Crippen LogP contribution in [-0.4, -0.2) is 25.0 Å². The number of hydrogen-bond donors (Lipinski definition) is 0. The first-order valence-electron chi connectivity index (χ1n) is 6.03. The number of ether oxygens (including phenoxy) is 2. The predicted octanol–water partition coefficient (Wildman–Crippen LogP) is 2.61. The van der Waals surface area contributed by atoms with Crippen molar-refractivity contribution in [1.82, 2.24) is 0 Å². The van der Waals surface area contributed by atoms with Gasteiger partial charge in [-0.15, -0.1) is 0 Å². The van der Waals surface area contributed by atoms with Crippen molar-refractivity contribution in [3.05, 3.63) is 29.8 Å². The lowest BCUT2D eigenvalue weighted by molar-refractivity contribution is -0.146. The second kappa shape index (κ2) is 7.48. The van der Waals surface area contributed by atoms with E-state index in [9.17, 15) is 9.59 Å². The van der Waals surface area contributed by atoms with Crippen LogP contribution in [0.5, 0.6) is 5.75 Å². The van der Waals surface area contributed by atoms with Crippen LogP contribution < -0.4 is 4.74 Å². The van der Waals surface area contributed by atoms with Crippen molar-refractivity contribution in [2.75, 3.05) is 13.2 Å². The molecule has 98 valence electrons. The number of unbranched alkanes of at least 4 members (excludes halogenated alkanes) is 1. The normalized spacial score (nSPS) is 9.89. The van der Waals surface area contributed by atoms with E-state index in [-0.39, 0.29) is 12.4 Å². The molecule has 0 saturated heterocycles. The lowest BCUT2D eigenvalue weighted by Gasteiger charge is -2.09. The Labute approximate surface area is 107 Å². The summed E-state index contributed by atoms with van der Waals surface area (Å²) in [7, 11) is 0. The number of hydrogen-bond acceptors (Lipinski definition) is 4. The summed E-state index contributed by atoms with van der Waals surface area (Å²) in [5.41, 5.74) is 0.471. The summed E-state index contributed by atoms with van der Waals surface area (Å²) in [6.07, 6.45) is 1.82. The highest BCUT2D eigenvalue weighted by Gasteiger charge is 2.09. The van der Waals surface area contributed by atoms with Crippen molar-refractivity contribution >= 4 is 11.8 Å². The molecule has 0 aliphatic heterocycles. The maximum Gasteiger partial charge on any atom is 0.344 e. The van der Waals surface area contributed by atoms with Gasteiger partial charge in [0.25, 0.3) is 0 Å². The highest BCUT2D eigenvalue weighted by Crippen LogP contribution is 2.18. The lowest BCUT2D eigenvalue weighted by atomic mass is 10.1. The molecular weight excluding hydrogens is 232 g/mol. The zero-order valence-electron chi connectivity index (χ0n) is 10.8. The highest BCUT2D eigenvalue weighted by molar-refractivity contribution is 5.96. The summed E-state index contributed by atoms with van der Waals surface area (Å²) < 4.78 is 10.3. The summed E-state index contributed by atoms with van der Waals surface area (Å²) in [6.45, 7) is 3.72. The highest BCUT2D eigenvalue weighted by atomic mass is 16.6. The van der Waals surface area contributed by atoms with E-state index in [1.54, 1.807) is 24.3 Å². The Morgan fingerprint density at radius 1 is 1.22 bits per heavy atom. The Morgan fingerprint density at radius 3 is 2.61 bits per heavy atom. The maximum atomic E-state index is 11.3. The smallest absolute Gasteiger partial charge is 0.344 e. The van der Waals surface area contributed by atoms with Gasteiger partial charge in [-0.05, 0) is 25.5 Å². The predicted molar refractivity (Wildman–Crippen MR) is 67.8 cm³/mol. The first kappa shape index (κ1) is 14.2. The number of ketones is 1. The lowest BCUT2D eigenvalue weighted by Crippen LogP contribution is -2.16. The monoisotopic (exact) mass is 250 g/mol. The largest absolute Gasteiger partial charge is 0.481 e. The second-order valence-electron chi connectivity index (χ2n) is 3.92. The minimum Gasteiger partial charge on any atom is -0.481 e. The van der Waals surface area contributed by atoms with Crippen LogP contribution in [0.4, 0.5) is 0 Å². The van der Waals surface area contributed by atoms with Crippen LogP contribution in [0, 0.1) is 0 Å². The van der Waals surface area contributed by atoms with Crippen LogP contribution in [0.2, 0.25) is 0 Å². The summed E-state index contributed by atoms with van der Waals surface area (Å²) in [6, 6.07) is 6.84. The molecule has 4 nitrogen and oxygen atoms in total. The van der Waals surface area contributed by atoms with Gasteiger partial charge < -0.3 is 9.47 Å². The molecule has 0 bridgehead atoms. The van der Waals surface area contributed by atoms with Crippen LogP contribution in [0.3, 0.4) is 0 Å². The average Bonchev–Trinajstić information content (AvgIpc) is 2.37. The van der Waals surface area contributed by atoms with E-state index in [1.165, 1.54) is 6.92 Å². The number of carbonyl (C=O) groups is 2. The van der Waals surface area contributed by atoms with E-state index in [2.05, 4.69) is 0 Å². The number of carbonyl (C=O) groups excluding carboxylic acids is 2. The molecule has 0 amide bonds. The maximum absolute atomic E-state index is 11.3. The van der Waals surface area contributed by atoms with Gasteiger partial charge >= 0.3 is 5.97 Å². The molecule has 0 saturated carbocycles. The Hall–Kier alpha value is -1.84. The zero-order valence-corrected chi connectivity index (χ0v) is 10.8. The van der Waals surface area contributed by atoms with E-state index in [0.717, 1.165) is 12.8 Å². The number of para-hydroxylation sites is 1. The zero-order chi connectivity index (χ0) is 13.4. The molecule has 0 unspecified atom stereocenters. The van der Waals surface area contributed by atoms with Gasteiger partial charge in [0.2, 0.25) is 0 Å². The first-order chi connectivity index (χ1) is 8.65. The fourth-order valence-corrected chi connectivity index (χ4v) is 1.39. The van der Waals surface area contributed by atoms with Crippen molar-refractivity contribution in [2.24, 2.45) is 0 Å². The molecule has 1 rings (SSSR count). The molecule has 1 aromatic carbocycles.